The summed E-state index contributed by atoms with van der Waals surface area (Å²) in [6.07, 6.45) is 13.0. The average molecular weight is 374 g/mol. The van der Waals surface area contributed by atoms with Crippen LogP contribution in [-0.2, 0) is 0 Å². The molecule has 0 radical (unpaired) electrons. The smallest absolute Gasteiger partial charge is 0.172 e. The largest absolute Gasteiger partial charge is 0.504 e. The van der Waals surface area contributed by atoms with Gasteiger partial charge < -0.3 is 10.2 Å². The molecule has 2 N–H and O–H groups in total. The van der Waals surface area contributed by atoms with Gasteiger partial charge in [-0.15, -0.1) is 0 Å². The standard InChI is InChI=1S/C18H14N8O2/c27-17-13(23-9-1-5-19-23)14(24-10-2-6-20-24)18(28)16(26-12-4-8-22-26)15(17)25-11-3-7-21-25/h1-12,27-28H. The Balaban J connectivity index is 1.96. The number of aromatic nitrogens is 8. The molecule has 0 saturated heterocycles. The van der Waals surface area contributed by atoms with E-state index in [4.69, 9.17) is 0 Å². The van der Waals surface area contributed by atoms with Gasteiger partial charge in [-0.05, 0) is 24.3 Å². The van der Waals surface area contributed by atoms with Crippen LogP contribution in [0.1, 0.15) is 0 Å². The second-order valence-electron chi connectivity index (χ2n) is 5.89. The van der Waals surface area contributed by atoms with Crippen LogP contribution in [0.4, 0.5) is 0 Å². The number of hydrogen-bond donors (Lipinski definition) is 2. The molecule has 10 nitrogen and oxygen atoms in total. The van der Waals surface area contributed by atoms with Crippen LogP contribution in [0.15, 0.2) is 73.8 Å². The quantitative estimate of drug-likeness (QED) is 0.464. The third kappa shape index (κ3) is 2.28. The topological polar surface area (TPSA) is 112 Å². The van der Waals surface area contributed by atoms with E-state index in [0.29, 0.717) is 0 Å². The van der Waals surface area contributed by atoms with Crippen molar-refractivity contribution in [2.24, 2.45) is 0 Å². The Morgan fingerprint density at radius 1 is 0.464 bits per heavy atom. The second kappa shape index (κ2) is 6.13. The predicted molar refractivity (Wildman–Crippen MR) is 98.3 cm³/mol. The highest BCUT2D eigenvalue weighted by Crippen LogP contribution is 2.45. The van der Waals surface area contributed by atoms with Gasteiger partial charge in [0, 0.05) is 49.6 Å². The van der Waals surface area contributed by atoms with Crippen LogP contribution in [0, 0.1) is 0 Å². The lowest BCUT2D eigenvalue weighted by Gasteiger charge is -2.21. The lowest BCUT2D eigenvalue weighted by Crippen LogP contribution is -2.12. The van der Waals surface area contributed by atoms with E-state index in [1.165, 1.54) is 18.7 Å². The molecule has 0 atom stereocenters. The summed E-state index contributed by atoms with van der Waals surface area (Å²) >= 11 is 0. The van der Waals surface area contributed by atoms with Gasteiger partial charge in [0.2, 0.25) is 0 Å². The molecule has 4 heterocycles. The summed E-state index contributed by atoms with van der Waals surface area (Å²) in [7, 11) is 0. The molecule has 0 aliphatic carbocycles. The Kier molecular flexibility index (Phi) is 3.47. The maximum absolute atomic E-state index is 11.3. The Bertz CT molecular complexity index is 1020. The molecule has 138 valence electrons. The molecule has 0 amide bonds. The first kappa shape index (κ1) is 15.9. The summed E-state index contributed by atoms with van der Waals surface area (Å²) in [5, 5.41) is 39.5. The minimum absolute atomic E-state index is 0.138. The second-order valence-corrected chi connectivity index (χ2v) is 5.89. The molecule has 10 heteroatoms. The summed E-state index contributed by atoms with van der Waals surface area (Å²) in [4.78, 5) is 0. The van der Waals surface area contributed by atoms with Crippen molar-refractivity contribution in [3.8, 4) is 34.2 Å². The molecule has 5 aromatic rings. The fraction of sp³-hybridized carbons (Fsp3) is 0. The normalized spacial score (nSPS) is 11.1. The van der Waals surface area contributed by atoms with Gasteiger partial charge in [-0.1, -0.05) is 0 Å². The van der Waals surface area contributed by atoms with Crippen LogP contribution < -0.4 is 0 Å². The number of phenolic OH excluding ortho intramolecular Hbond substituents is 2. The minimum atomic E-state index is -0.138. The van der Waals surface area contributed by atoms with Gasteiger partial charge >= 0.3 is 0 Å². The van der Waals surface area contributed by atoms with Crippen LogP contribution in [-0.4, -0.2) is 49.3 Å². The third-order valence-corrected chi connectivity index (χ3v) is 4.28. The van der Waals surface area contributed by atoms with Gasteiger partial charge in [0.25, 0.3) is 0 Å². The predicted octanol–water partition coefficient (Wildman–Crippen LogP) is 1.84. The van der Waals surface area contributed by atoms with Crippen molar-refractivity contribution in [1.82, 2.24) is 39.1 Å². The van der Waals surface area contributed by atoms with Crippen molar-refractivity contribution >= 4 is 0 Å². The first-order chi connectivity index (χ1) is 13.8. The van der Waals surface area contributed by atoms with Gasteiger partial charge in [0.05, 0.1) is 0 Å². The maximum atomic E-state index is 11.3. The fourth-order valence-electron chi connectivity index (χ4n) is 3.15. The van der Waals surface area contributed by atoms with Gasteiger partial charge in [-0.25, -0.2) is 18.7 Å². The van der Waals surface area contributed by atoms with Crippen molar-refractivity contribution in [2.75, 3.05) is 0 Å². The Morgan fingerprint density at radius 3 is 0.893 bits per heavy atom. The van der Waals surface area contributed by atoms with Gasteiger partial charge in [0.15, 0.2) is 11.5 Å². The lowest BCUT2D eigenvalue weighted by atomic mass is 10.1. The number of aromatic hydroxyl groups is 2. The van der Waals surface area contributed by atoms with Gasteiger partial charge in [-0.2, -0.15) is 20.4 Å². The van der Waals surface area contributed by atoms with E-state index in [0.717, 1.165) is 0 Å². The zero-order valence-corrected chi connectivity index (χ0v) is 14.4. The summed E-state index contributed by atoms with van der Waals surface area (Å²) in [6.45, 7) is 0. The molecule has 28 heavy (non-hydrogen) atoms. The molecule has 1 aromatic carbocycles. The van der Waals surface area contributed by atoms with Gasteiger partial charge in [-0.3, -0.25) is 0 Å². The Labute approximate surface area is 158 Å². The fourth-order valence-corrected chi connectivity index (χ4v) is 3.15. The van der Waals surface area contributed by atoms with Gasteiger partial charge in [0.1, 0.15) is 22.7 Å². The average Bonchev–Trinajstić information content (AvgIpc) is 3.51. The highest BCUT2D eigenvalue weighted by Gasteiger charge is 2.29. The molecule has 0 aliphatic heterocycles. The van der Waals surface area contributed by atoms with Crippen molar-refractivity contribution in [3.05, 3.63) is 73.8 Å². The molecule has 5 rings (SSSR count). The number of nitrogens with zero attached hydrogens (tertiary/aromatic N) is 8. The van der Waals surface area contributed by atoms with Crippen LogP contribution in [0.5, 0.6) is 11.5 Å². The monoisotopic (exact) mass is 374 g/mol. The summed E-state index contributed by atoms with van der Waals surface area (Å²) in [5.41, 5.74) is 1.03. The van der Waals surface area contributed by atoms with E-state index in [1.54, 1.807) is 73.8 Å². The van der Waals surface area contributed by atoms with Crippen LogP contribution in [0.3, 0.4) is 0 Å². The molecular weight excluding hydrogens is 360 g/mol. The van der Waals surface area contributed by atoms with E-state index in [2.05, 4.69) is 20.4 Å². The molecule has 0 spiro atoms. The van der Waals surface area contributed by atoms with Crippen LogP contribution in [0.2, 0.25) is 0 Å². The van der Waals surface area contributed by atoms with Crippen LogP contribution in [0.25, 0.3) is 22.7 Å². The van der Waals surface area contributed by atoms with E-state index in [9.17, 15) is 10.2 Å². The van der Waals surface area contributed by atoms with Crippen molar-refractivity contribution in [1.29, 1.82) is 0 Å². The molecule has 0 saturated carbocycles. The zero-order chi connectivity index (χ0) is 19.1. The Hall–Kier alpha value is -4.34. The molecule has 0 aliphatic rings. The van der Waals surface area contributed by atoms with Crippen molar-refractivity contribution in [3.63, 3.8) is 0 Å². The molecule has 0 unspecified atom stereocenters. The number of benzene rings is 1. The minimum Gasteiger partial charge on any atom is -0.504 e. The highest BCUT2D eigenvalue weighted by atomic mass is 16.3. The van der Waals surface area contributed by atoms with Crippen molar-refractivity contribution in [2.45, 2.75) is 0 Å². The SMILES string of the molecule is Oc1c(-n2cccn2)c(-n2cccn2)c(O)c(-n2cccn2)c1-n1cccn1. The number of phenols is 2. The van der Waals surface area contributed by atoms with Crippen LogP contribution >= 0.6 is 0 Å². The summed E-state index contributed by atoms with van der Waals surface area (Å²) < 4.78 is 5.86. The van der Waals surface area contributed by atoms with Crippen molar-refractivity contribution < 1.29 is 10.2 Å². The first-order valence-corrected chi connectivity index (χ1v) is 8.37. The van der Waals surface area contributed by atoms with E-state index in [1.807, 2.05) is 0 Å². The number of hydrogen-bond acceptors (Lipinski definition) is 6. The lowest BCUT2D eigenvalue weighted by molar-refractivity contribution is 0.444. The molecule has 0 fully saturated rings. The number of rotatable bonds is 4. The molecule has 4 aromatic heterocycles. The van der Waals surface area contributed by atoms with E-state index < -0.39 is 0 Å². The summed E-state index contributed by atoms with van der Waals surface area (Å²) in [6, 6.07) is 6.88. The maximum Gasteiger partial charge on any atom is 0.172 e. The highest BCUT2D eigenvalue weighted by molar-refractivity contribution is 5.82. The van der Waals surface area contributed by atoms with E-state index >= 15 is 0 Å². The zero-order valence-electron chi connectivity index (χ0n) is 14.4. The first-order valence-electron chi connectivity index (χ1n) is 8.37. The Morgan fingerprint density at radius 2 is 0.714 bits per heavy atom. The van der Waals surface area contributed by atoms with E-state index in [-0.39, 0.29) is 34.2 Å². The molecule has 0 bridgehead atoms. The molecular formula is C18H14N8O2. The summed E-state index contributed by atoms with van der Waals surface area (Å²) in [5.74, 6) is -0.276. The third-order valence-electron chi connectivity index (χ3n) is 4.28.